The molecule has 0 spiro atoms. The summed E-state index contributed by atoms with van der Waals surface area (Å²) in [6.07, 6.45) is 5.91. The summed E-state index contributed by atoms with van der Waals surface area (Å²) in [4.78, 5) is 12.6. The zero-order valence-corrected chi connectivity index (χ0v) is 19.5. The highest BCUT2D eigenvalue weighted by molar-refractivity contribution is 6.05. The number of para-hydroxylation sites is 1. The summed E-state index contributed by atoms with van der Waals surface area (Å²) >= 11 is 0. The van der Waals surface area contributed by atoms with Crippen LogP contribution in [0.2, 0.25) is 0 Å². The molecular weight excluding hydrogens is 468 g/mol. The van der Waals surface area contributed by atoms with Crippen LogP contribution in [-0.2, 0) is 6.54 Å². The Morgan fingerprint density at radius 2 is 1.78 bits per heavy atom. The van der Waals surface area contributed by atoms with Gasteiger partial charge in [-0.25, -0.2) is 9.13 Å². The molecule has 0 fully saturated rings. The Morgan fingerprint density at radius 1 is 1.03 bits per heavy atom. The van der Waals surface area contributed by atoms with Crippen molar-refractivity contribution in [1.29, 1.82) is 0 Å². The Morgan fingerprint density at radius 3 is 2.56 bits per heavy atom. The van der Waals surface area contributed by atoms with Gasteiger partial charge in [-0.05, 0) is 55.0 Å². The van der Waals surface area contributed by atoms with Crippen molar-refractivity contribution in [2.24, 2.45) is 0 Å². The van der Waals surface area contributed by atoms with Crippen molar-refractivity contribution in [3.8, 4) is 5.75 Å². The number of aromatic nitrogens is 2. The molecule has 0 bridgehead atoms. The van der Waals surface area contributed by atoms with Gasteiger partial charge in [-0.1, -0.05) is 24.3 Å². The second-order valence-electron chi connectivity index (χ2n) is 7.71. The number of fused-ring (bicyclic) bond motifs is 3. The zero-order valence-electron chi connectivity index (χ0n) is 17.9. The Balaban J connectivity index is 0.00000245. The number of ether oxygens (including phenoxy) is 1. The lowest BCUT2D eigenvalue weighted by atomic mass is 10.0. The van der Waals surface area contributed by atoms with E-state index in [-0.39, 0.29) is 35.4 Å². The largest absolute Gasteiger partial charge is 1.00 e. The van der Waals surface area contributed by atoms with Crippen LogP contribution in [0.3, 0.4) is 0 Å². The van der Waals surface area contributed by atoms with Gasteiger partial charge in [-0.2, -0.15) is 0 Å². The number of hydrogen-bond donors (Lipinski definition) is 0. The first-order valence-corrected chi connectivity index (χ1v) is 10.3. The van der Waals surface area contributed by atoms with Gasteiger partial charge in [0.2, 0.25) is 12.1 Å². The van der Waals surface area contributed by atoms with Crippen LogP contribution >= 0.6 is 0 Å². The maximum Gasteiger partial charge on any atom is 0.244 e. The van der Waals surface area contributed by atoms with Crippen molar-refractivity contribution in [1.82, 2.24) is 4.57 Å². The normalized spacial score (nSPS) is 11.9. The van der Waals surface area contributed by atoms with Gasteiger partial charge in [0.05, 0.1) is 7.11 Å². The number of carbonyl (C=O) groups excluding carboxylic acids is 1. The van der Waals surface area contributed by atoms with Gasteiger partial charge in [0, 0.05) is 16.3 Å². The number of ketones is 1. The van der Waals surface area contributed by atoms with Gasteiger partial charge in [0.25, 0.3) is 0 Å². The summed E-state index contributed by atoms with van der Waals surface area (Å²) in [6, 6.07) is 21.8. The molecule has 1 unspecified atom stereocenters. The summed E-state index contributed by atoms with van der Waals surface area (Å²) in [5.41, 5.74) is 3.65. The molecule has 6 heteroatoms. The first kappa shape index (κ1) is 21.8. The van der Waals surface area contributed by atoms with Gasteiger partial charge in [0.1, 0.15) is 35.4 Å². The van der Waals surface area contributed by atoms with Gasteiger partial charge in [-0.15, -0.1) is 0 Å². The Hall–Kier alpha value is -3.38. The number of hydrogen-bond acceptors (Lipinski definition) is 3. The number of rotatable bonds is 6. The van der Waals surface area contributed by atoms with Gasteiger partial charge in [-0.3, -0.25) is 4.79 Å². The smallest absolute Gasteiger partial charge is 0.244 e. The SMILES string of the molecule is COc1ccc(C(=O)C[n+]2ccn(C(C)c3ccc4oc5ccccc5c4c3)c2)cc1.[Br-]. The molecule has 2 heterocycles. The van der Waals surface area contributed by atoms with Gasteiger partial charge >= 0.3 is 0 Å². The number of nitrogens with zero attached hydrogens (tertiary/aromatic N) is 2. The summed E-state index contributed by atoms with van der Waals surface area (Å²) in [5, 5.41) is 2.24. The summed E-state index contributed by atoms with van der Waals surface area (Å²) in [5.74, 6) is 0.802. The Kier molecular flexibility index (Phi) is 6.15. The highest BCUT2D eigenvalue weighted by Crippen LogP contribution is 2.31. The van der Waals surface area contributed by atoms with Gasteiger partial charge in [0.15, 0.2) is 6.54 Å². The Labute approximate surface area is 196 Å². The molecule has 5 aromatic rings. The monoisotopic (exact) mass is 490 g/mol. The predicted molar refractivity (Wildman–Crippen MR) is 119 cm³/mol. The van der Waals surface area contributed by atoms with E-state index in [4.69, 9.17) is 9.15 Å². The van der Waals surface area contributed by atoms with E-state index in [9.17, 15) is 4.79 Å². The van der Waals surface area contributed by atoms with Crippen molar-refractivity contribution < 1.29 is 35.5 Å². The first-order valence-electron chi connectivity index (χ1n) is 10.3. The van der Waals surface area contributed by atoms with Crippen LogP contribution in [0, 0.1) is 0 Å². The lowest BCUT2D eigenvalue weighted by Gasteiger charge is -2.08. The van der Waals surface area contributed by atoms with E-state index < -0.39 is 0 Å². The van der Waals surface area contributed by atoms with Crippen molar-refractivity contribution in [3.05, 3.63) is 96.6 Å². The molecule has 0 N–H and O–H groups in total. The summed E-state index contributed by atoms with van der Waals surface area (Å²) in [7, 11) is 1.61. The fourth-order valence-electron chi connectivity index (χ4n) is 3.94. The molecule has 1 atom stereocenters. The molecule has 0 amide bonds. The van der Waals surface area contributed by atoms with E-state index >= 15 is 0 Å². The molecule has 0 aliphatic carbocycles. The minimum Gasteiger partial charge on any atom is -1.00 e. The molecule has 0 saturated carbocycles. The highest BCUT2D eigenvalue weighted by atomic mass is 79.9. The molecular formula is C26H23BrN2O3. The maximum atomic E-state index is 12.6. The predicted octanol–water partition coefficient (Wildman–Crippen LogP) is 2.18. The lowest BCUT2D eigenvalue weighted by molar-refractivity contribution is -0.682. The van der Waals surface area contributed by atoms with Gasteiger partial charge < -0.3 is 26.1 Å². The van der Waals surface area contributed by atoms with E-state index in [1.165, 1.54) is 5.56 Å². The fraction of sp³-hybridized carbons (Fsp3) is 0.154. The molecule has 162 valence electrons. The van der Waals surface area contributed by atoms with Crippen LogP contribution in [0.25, 0.3) is 21.9 Å². The van der Waals surface area contributed by atoms with Crippen LogP contribution in [0.5, 0.6) is 5.75 Å². The van der Waals surface area contributed by atoms with Crippen LogP contribution < -0.4 is 26.3 Å². The number of carbonyl (C=O) groups is 1. The van der Waals surface area contributed by atoms with Crippen molar-refractivity contribution in [2.45, 2.75) is 19.5 Å². The fourth-order valence-corrected chi connectivity index (χ4v) is 3.94. The van der Waals surface area contributed by atoms with E-state index in [0.717, 1.165) is 27.7 Å². The molecule has 0 radical (unpaired) electrons. The molecule has 2 aromatic heterocycles. The number of Topliss-reactive ketones (excluding diaryl/α,β-unsaturated/α-hetero) is 1. The van der Waals surface area contributed by atoms with Crippen LogP contribution in [0.1, 0.15) is 28.9 Å². The topological polar surface area (TPSA) is 48.2 Å². The van der Waals surface area contributed by atoms with Crippen LogP contribution in [0.4, 0.5) is 0 Å². The molecule has 0 saturated heterocycles. The quantitative estimate of drug-likeness (QED) is 0.270. The second kappa shape index (κ2) is 9.01. The second-order valence-corrected chi connectivity index (χ2v) is 7.71. The summed E-state index contributed by atoms with van der Waals surface area (Å²) < 4.78 is 15.1. The number of benzene rings is 3. The molecule has 5 nitrogen and oxygen atoms in total. The van der Waals surface area contributed by atoms with Crippen molar-refractivity contribution >= 4 is 27.7 Å². The molecule has 5 rings (SSSR count). The van der Waals surface area contributed by atoms with E-state index in [0.29, 0.717) is 5.56 Å². The van der Waals surface area contributed by atoms with Crippen LogP contribution in [-0.4, -0.2) is 17.5 Å². The third-order valence-electron chi connectivity index (χ3n) is 5.78. The third kappa shape index (κ3) is 4.06. The number of furan rings is 1. The highest BCUT2D eigenvalue weighted by Gasteiger charge is 2.18. The minimum absolute atomic E-state index is 0. The van der Waals surface area contributed by atoms with E-state index in [1.807, 2.05) is 47.6 Å². The Bertz CT molecular complexity index is 1390. The molecule has 32 heavy (non-hydrogen) atoms. The number of imidazole rings is 1. The minimum atomic E-state index is 0. The number of methoxy groups -OCH3 is 1. The van der Waals surface area contributed by atoms with Crippen molar-refractivity contribution in [3.63, 3.8) is 0 Å². The van der Waals surface area contributed by atoms with E-state index in [2.05, 4.69) is 29.7 Å². The molecule has 0 aliphatic heterocycles. The molecule has 3 aromatic carbocycles. The number of halogens is 1. The standard InChI is InChI=1S/C26H23N2O3.BrH/c1-18(20-9-12-26-23(15-20)22-5-3-4-6-25(22)31-26)28-14-13-27(17-28)16-24(29)19-7-10-21(30-2)11-8-19;/h3-15,17-18H,16H2,1-2H3;1H/q+1;/p-1. The average molecular weight is 491 g/mol. The average Bonchev–Trinajstić information content (AvgIpc) is 3.42. The lowest BCUT2D eigenvalue weighted by Crippen LogP contribution is -3.00. The first-order chi connectivity index (χ1) is 15.1. The third-order valence-corrected chi connectivity index (χ3v) is 5.78. The summed E-state index contributed by atoms with van der Waals surface area (Å²) in [6.45, 7) is 2.44. The van der Waals surface area contributed by atoms with Crippen molar-refractivity contribution in [2.75, 3.05) is 7.11 Å². The molecule has 0 aliphatic rings. The maximum absolute atomic E-state index is 12.6. The zero-order chi connectivity index (χ0) is 21.4. The van der Waals surface area contributed by atoms with Crippen LogP contribution in [0.15, 0.2) is 89.9 Å². The van der Waals surface area contributed by atoms with E-state index in [1.54, 1.807) is 31.4 Å².